The van der Waals surface area contributed by atoms with Gasteiger partial charge in [0, 0.05) is 12.1 Å². The van der Waals surface area contributed by atoms with Gasteiger partial charge in [0.25, 0.3) is 0 Å². The molecule has 1 fully saturated rings. The van der Waals surface area contributed by atoms with Gasteiger partial charge in [-0.05, 0) is 57.4 Å². The summed E-state index contributed by atoms with van der Waals surface area (Å²) in [5, 5.41) is 9.63. The molecule has 3 nitrogen and oxygen atoms in total. The molecule has 3 atom stereocenters. The van der Waals surface area contributed by atoms with Crippen LogP contribution in [-0.2, 0) is 4.79 Å². The van der Waals surface area contributed by atoms with Crippen molar-refractivity contribution in [3.05, 3.63) is 0 Å². The molecule has 0 amide bonds. The Morgan fingerprint density at radius 2 is 1.90 bits per heavy atom. The molecule has 3 heteroatoms. The second-order valence-electron chi connectivity index (χ2n) is 7.70. The van der Waals surface area contributed by atoms with E-state index >= 15 is 0 Å². The fourth-order valence-electron chi connectivity index (χ4n) is 3.86. The van der Waals surface area contributed by atoms with Gasteiger partial charge in [0.1, 0.15) is 0 Å². The van der Waals surface area contributed by atoms with Gasteiger partial charge in [-0.25, -0.2) is 0 Å². The fraction of sp³-hybridized carbons (Fsp3) is 0.944. The average molecular weight is 297 g/mol. The predicted octanol–water partition coefficient (Wildman–Crippen LogP) is 4.41. The van der Waals surface area contributed by atoms with Gasteiger partial charge in [0.05, 0.1) is 5.92 Å². The summed E-state index contributed by atoms with van der Waals surface area (Å²) in [5.41, 5.74) is 0.316. The Kier molecular flexibility index (Phi) is 6.71. The lowest BCUT2D eigenvalue weighted by Crippen LogP contribution is -2.51. The fourth-order valence-corrected chi connectivity index (χ4v) is 3.86. The van der Waals surface area contributed by atoms with Crippen molar-refractivity contribution in [2.45, 2.75) is 85.7 Å². The van der Waals surface area contributed by atoms with Crippen molar-refractivity contribution in [1.29, 1.82) is 0 Å². The molecule has 0 aromatic heterocycles. The number of carbonyl (C=O) groups is 1. The Bertz CT molecular complexity index is 338. The van der Waals surface area contributed by atoms with Gasteiger partial charge in [-0.3, -0.25) is 9.69 Å². The van der Waals surface area contributed by atoms with Crippen molar-refractivity contribution >= 4 is 5.97 Å². The first-order chi connectivity index (χ1) is 9.74. The highest BCUT2D eigenvalue weighted by atomic mass is 16.4. The van der Waals surface area contributed by atoms with E-state index in [-0.39, 0.29) is 12.0 Å². The first-order valence-corrected chi connectivity index (χ1v) is 8.73. The van der Waals surface area contributed by atoms with Crippen molar-refractivity contribution in [1.82, 2.24) is 4.90 Å². The molecular formula is C18H35NO2. The largest absolute Gasteiger partial charge is 0.481 e. The summed E-state index contributed by atoms with van der Waals surface area (Å²) in [6.07, 6.45) is 5.18. The molecule has 0 aromatic rings. The molecule has 3 unspecified atom stereocenters. The van der Waals surface area contributed by atoms with E-state index in [1.54, 1.807) is 0 Å². The third-order valence-electron chi connectivity index (χ3n) is 5.72. The lowest BCUT2D eigenvalue weighted by Gasteiger charge is -2.47. The first kappa shape index (κ1) is 18.5. The zero-order valence-corrected chi connectivity index (χ0v) is 14.9. The molecule has 1 rings (SSSR count). The van der Waals surface area contributed by atoms with Crippen LogP contribution in [0.4, 0.5) is 0 Å². The van der Waals surface area contributed by atoms with Gasteiger partial charge in [0.15, 0.2) is 0 Å². The molecule has 0 saturated heterocycles. The summed E-state index contributed by atoms with van der Waals surface area (Å²) in [5.74, 6) is -0.154. The molecule has 0 aromatic carbocycles. The van der Waals surface area contributed by atoms with E-state index in [1.165, 1.54) is 0 Å². The first-order valence-electron chi connectivity index (χ1n) is 8.73. The van der Waals surface area contributed by atoms with Crippen molar-refractivity contribution in [2.75, 3.05) is 6.54 Å². The summed E-state index contributed by atoms with van der Waals surface area (Å²) in [6.45, 7) is 14.5. The van der Waals surface area contributed by atoms with Crippen molar-refractivity contribution < 1.29 is 9.90 Å². The normalized spacial score (nSPS) is 27.3. The topological polar surface area (TPSA) is 40.5 Å². The molecule has 21 heavy (non-hydrogen) atoms. The van der Waals surface area contributed by atoms with E-state index < -0.39 is 5.97 Å². The van der Waals surface area contributed by atoms with Crippen molar-refractivity contribution in [2.24, 2.45) is 17.3 Å². The quantitative estimate of drug-likeness (QED) is 0.756. The maximum absolute atomic E-state index is 11.7. The van der Waals surface area contributed by atoms with Gasteiger partial charge in [-0.1, -0.05) is 34.1 Å². The Labute approximate surface area is 131 Å². The highest BCUT2D eigenvalue weighted by molar-refractivity contribution is 5.71. The number of hydrogen-bond donors (Lipinski definition) is 1. The molecule has 0 aliphatic heterocycles. The summed E-state index contributed by atoms with van der Waals surface area (Å²) < 4.78 is 0. The zero-order chi connectivity index (χ0) is 16.2. The highest BCUT2D eigenvalue weighted by Gasteiger charge is 2.42. The van der Waals surface area contributed by atoms with Gasteiger partial charge in [0.2, 0.25) is 0 Å². The summed E-state index contributed by atoms with van der Waals surface area (Å²) in [6, 6.07) is 0.618. The lowest BCUT2D eigenvalue weighted by atomic mass is 9.65. The minimum Gasteiger partial charge on any atom is -0.481 e. The summed E-state index contributed by atoms with van der Waals surface area (Å²) in [7, 11) is 0. The monoisotopic (exact) mass is 297 g/mol. The third-order valence-corrected chi connectivity index (χ3v) is 5.72. The number of hydrogen-bond acceptors (Lipinski definition) is 2. The standard InChI is InChI=1S/C18H35NO2/c1-7-11-19(13(3)4)16-12-14(18(5,6)8-2)9-10-15(16)17(20)21/h13-16H,7-12H2,1-6H3,(H,20,21). The van der Waals surface area contributed by atoms with Crippen LogP contribution < -0.4 is 0 Å². The predicted molar refractivity (Wildman–Crippen MR) is 88.5 cm³/mol. The zero-order valence-electron chi connectivity index (χ0n) is 14.9. The summed E-state index contributed by atoms with van der Waals surface area (Å²) in [4.78, 5) is 14.1. The minimum atomic E-state index is -0.602. The molecule has 0 bridgehead atoms. The Balaban J connectivity index is 2.97. The smallest absolute Gasteiger partial charge is 0.308 e. The van der Waals surface area contributed by atoms with Crippen molar-refractivity contribution in [3.63, 3.8) is 0 Å². The van der Waals surface area contributed by atoms with Gasteiger partial charge in [-0.2, -0.15) is 0 Å². The Hall–Kier alpha value is -0.570. The van der Waals surface area contributed by atoms with E-state index in [1.807, 2.05) is 0 Å². The number of nitrogens with zero attached hydrogens (tertiary/aromatic N) is 1. The second kappa shape index (κ2) is 7.62. The molecule has 1 aliphatic rings. The van der Waals surface area contributed by atoms with Crippen LogP contribution in [0.3, 0.4) is 0 Å². The van der Waals surface area contributed by atoms with Crippen LogP contribution in [-0.4, -0.2) is 34.6 Å². The molecule has 0 heterocycles. The van der Waals surface area contributed by atoms with E-state index in [2.05, 4.69) is 46.4 Å². The van der Waals surface area contributed by atoms with Crippen LogP contribution in [0.15, 0.2) is 0 Å². The molecule has 1 saturated carbocycles. The average Bonchev–Trinajstić information content (AvgIpc) is 2.43. The Morgan fingerprint density at radius 3 is 2.33 bits per heavy atom. The number of rotatable bonds is 7. The molecule has 0 spiro atoms. The highest BCUT2D eigenvalue weighted by Crippen LogP contribution is 2.44. The van der Waals surface area contributed by atoms with Crippen molar-refractivity contribution in [3.8, 4) is 0 Å². The molecule has 1 N–H and O–H groups in total. The SMILES string of the molecule is CCCN(C(C)C)C1CC(C(C)(C)CC)CCC1C(=O)O. The number of carboxylic acid groups (broad SMARTS) is 1. The number of carboxylic acids is 1. The Morgan fingerprint density at radius 1 is 1.29 bits per heavy atom. The van der Waals surface area contributed by atoms with Gasteiger partial charge < -0.3 is 5.11 Å². The van der Waals surface area contributed by atoms with Crippen LogP contribution in [0.1, 0.15) is 73.6 Å². The van der Waals surface area contributed by atoms with E-state index in [4.69, 9.17) is 0 Å². The maximum atomic E-state index is 11.7. The van der Waals surface area contributed by atoms with E-state index in [0.717, 1.165) is 38.6 Å². The van der Waals surface area contributed by atoms with Crippen LogP contribution in [0.5, 0.6) is 0 Å². The van der Waals surface area contributed by atoms with Crippen LogP contribution in [0.2, 0.25) is 0 Å². The van der Waals surface area contributed by atoms with Crippen LogP contribution in [0.25, 0.3) is 0 Å². The van der Waals surface area contributed by atoms with Gasteiger partial charge in [-0.15, -0.1) is 0 Å². The van der Waals surface area contributed by atoms with E-state index in [0.29, 0.717) is 17.4 Å². The maximum Gasteiger partial charge on any atom is 0.308 e. The third kappa shape index (κ3) is 4.45. The van der Waals surface area contributed by atoms with Gasteiger partial charge >= 0.3 is 5.97 Å². The second-order valence-corrected chi connectivity index (χ2v) is 7.70. The molecule has 0 radical (unpaired) electrons. The molecular weight excluding hydrogens is 262 g/mol. The number of aliphatic carboxylic acids is 1. The van der Waals surface area contributed by atoms with E-state index in [9.17, 15) is 9.90 Å². The molecule has 124 valence electrons. The summed E-state index contributed by atoms with van der Waals surface area (Å²) >= 11 is 0. The van der Waals surface area contributed by atoms with Crippen LogP contribution in [0, 0.1) is 17.3 Å². The minimum absolute atomic E-state index is 0.192. The lowest BCUT2D eigenvalue weighted by molar-refractivity contribution is -0.147. The molecule has 1 aliphatic carbocycles. The van der Waals surface area contributed by atoms with Crippen LogP contribution >= 0.6 is 0 Å².